The van der Waals surface area contributed by atoms with Crippen LogP contribution < -0.4 is 4.74 Å². The Bertz CT molecular complexity index is 802. The molecule has 1 saturated heterocycles. The Labute approximate surface area is 144 Å². The molecule has 0 radical (unpaired) electrons. The first-order chi connectivity index (χ1) is 11.4. The molecule has 130 valence electrons. The number of hydrogen-bond donors (Lipinski definition) is 0. The van der Waals surface area contributed by atoms with Gasteiger partial charge in [0.2, 0.25) is 10.0 Å². The van der Waals surface area contributed by atoms with Gasteiger partial charge in [-0.25, -0.2) is 18.4 Å². The second-order valence-corrected chi connectivity index (χ2v) is 7.89. The van der Waals surface area contributed by atoms with Crippen molar-refractivity contribution in [1.82, 2.24) is 19.4 Å². The molecule has 3 heterocycles. The molecule has 0 aromatic carbocycles. The topological polar surface area (TPSA) is 98.4 Å². The Balaban J connectivity index is 1.77. The zero-order chi connectivity index (χ0) is 17.3. The summed E-state index contributed by atoms with van der Waals surface area (Å²) in [5.41, 5.74) is 0.358. The molecular weight excluding hydrogens is 356 g/mol. The van der Waals surface area contributed by atoms with Crippen LogP contribution in [0.25, 0.3) is 0 Å². The summed E-state index contributed by atoms with van der Waals surface area (Å²) in [5.74, 6) is 0.288. The van der Waals surface area contributed by atoms with Gasteiger partial charge in [0.25, 0.3) is 0 Å². The molecular formula is C14H17ClN4O4S. The van der Waals surface area contributed by atoms with Crippen LogP contribution in [0.1, 0.15) is 24.3 Å². The summed E-state index contributed by atoms with van der Waals surface area (Å²) < 4.78 is 37.8. The van der Waals surface area contributed by atoms with Gasteiger partial charge in [0.1, 0.15) is 16.7 Å². The highest BCUT2D eigenvalue weighted by Gasteiger charge is 2.35. The maximum Gasteiger partial charge on any atom is 0.316 e. The molecule has 0 saturated carbocycles. The normalized spacial score (nSPS) is 19.4. The fraction of sp³-hybridized carbons (Fsp3) is 0.500. The summed E-state index contributed by atoms with van der Waals surface area (Å²) in [4.78, 5) is 8.09. The fourth-order valence-electron chi connectivity index (χ4n) is 2.70. The Hall–Kier alpha value is -1.71. The van der Waals surface area contributed by atoms with E-state index in [0.717, 1.165) is 6.42 Å². The van der Waals surface area contributed by atoms with Crippen molar-refractivity contribution in [3.8, 4) is 6.01 Å². The van der Waals surface area contributed by atoms with E-state index < -0.39 is 10.0 Å². The summed E-state index contributed by atoms with van der Waals surface area (Å²) in [7, 11) is -3.68. The Kier molecular flexibility index (Phi) is 4.75. The van der Waals surface area contributed by atoms with Crippen LogP contribution in [0.3, 0.4) is 0 Å². The number of aryl methyl sites for hydroxylation is 2. The lowest BCUT2D eigenvalue weighted by Gasteiger charge is -2.31. The smallest absolute Gasteiger partial charge is 0.316 e. The summed E-state index contributed by atoms with van der Waals surface area (Å²) in [5, 5.41) is 4.14. The number of hydrogen-bond acceptors (Lipinski definition) is 7. The number of rotatable bonds is 4. The van der Waals surface area contributed by atoms with Gasteiger partial charge < -0.3 is 9.26 Å². The Morgan fingerprint density at radius 3 is 2.67 bits per heavy atom. The molecule has 1 aliphatic rings. The number of sulfonamides is 1. The average molecular weight is 373 g/mol. The molecule has 0 amide bonds. The highest BCUT2D eigenvalue weighted by atomic mass is 35.5. The molecule has 0 aliphatic carbocycles. The largest absolute Gasteiger partial charge is 0.459 e. The van der Waals surface area contributed by atoms with Gasteiger partial charge in [0.15, 0.2) is 5.76 Å². The van der Waals surface area contributed by atoms with Gasteiger partial charge in [-0.2, -0.15) is 4.31 Å². The third-order valence-electron chi connectivity index (χ3n) is 3.78. The number of nitrogens with zero attached hydrogens (tertiary/aromatic N) is 4. The van der Waals surface area contributed by atoms with E-state index in [0.29, 0.717) is 23.7 Å². The van der Waals surface area contributed by atoms with Crippen molar-refractivity contribution in [2.45, 2.75) is 37.7 Å². The molecule has 0 N–H and O–H groups in total. The van der Waals surface area contributed by atoms with Gasteiger partial charge in [0.05, 0.1) is 24.0 Å². The molecule has 1 unspecified atom stereocenters. The molecule has 0 spiro atoms. The SMILES string of the molecule is Cc1noc(C)c1S(=O)(=O)N1CCCC(Oc2ncc(Cl)cn2)C1. The first-order valence-electron chi connectivity index (χ1n) is 7.45. The zero-order valence-corrected chi connectivity index (χ0v) is 14.8. The predicted octanol–water partition coefficient (Wildman–Crippen LogP) is 1.97. The molecule has 2 aromatic rings. The summed E-state index contributed by atoms with van der Waals surface area (Å²) >= 11 is 5.74. The number of ether oxygens (including phenoxy) is 1. The first kappa shape index (κ1) is 17.1. The van der Waals surface area contributed by atoms with Crippen molar-refractivity contribution in [3.05, 3.63) is 28.9 Å². The maximum atomic E-state index is 12.9. The third-order valence-corrected chi connectivity index (χ3v) is 6.08. The molecule has 0 bridgehead atoms. The molecule has 2 aromatic heterocycles. The van der Waals surface area contributed by atoms with E-state index in [1.165, 1.54) is 16.7 Å². The van der Waals surface area contributed by atoms with Crippen LogP contribution in [-0.4, -0.2) is 47.0 Å². The highest BCUT2D eigenvalue weighted by Crippen LogP contribution is 2.26. The minimum Gasteiger partial charge on any atom is -0.459 e. The van der Waals surface area contributed by atoms with Crippen molar-refractivity contribution in [3.63, 3.8) is 0 Å². The van der Waals surface area contributed by atoms with E-state index in [9.17, 15) is 8.42 Å². The average Bonchev–Trinajstić information content (AvgIpc) is 2.89. The lowest BCUT2D eigenvalue weighted by atomic mass is 10.1. The van der Waals surface area contributed by atoms with Gasteiger partial charge in [-0.3, -0.25) is 0 Å². The summed E-state index contributed by atoms with van der Waals surface area (Å²) in [6.07, 6.45) is 3.95. The van der Waals surface area contributed by atoms with Crippen LogP contribution in [-0.2, 0) is 10.0 Å². The van der Waals surface area contributed by atoms with Crippen LogP contribution >= 0.6 is 11.6 Å². The van der Waals surface area contributed by atoms with Crippen molar-refractivity contribution in [2.24, 2.45) is 0 Å². The van der Waals surface area contributed by atoms with Crippen LogP contribution in [0.5, 0.6) is 6.01 Å². The molecule has 10 heteroatoms. The minimum absolute atomic E-state index is 0.130. The number of halogens is 1. The lowest BCUT2D eigenvalue weighted by Crippen LogP contribution is -2.44. The molecule has 1 atom stereocenters. The van der Waals surface area contributed by atoms with Gasteiger partial charge in [0, 0.05) is 6.54 Å². The van der Waals surface area contributed by atoms with Gasteiger partial charge in [-0.15, -0.1) is 0 Å². The van der Waals surface area contributed by atoms with Gasteiger partial charge in [-0.1, -0.05) is 16.8 Å². The van der Waals surface area contributed by atoms with Crippen molar-refractivity contribution in [2.75, 3.05) is 13.1 Å². The van der Waals surface area contributed by atoms with Crippen molar-refractivity contribution < 1.29 is 17.7 Å². The molecule has 8 nitrogen and oxygen atoms in total. The standard InChI is InChI=1S/C14H17ClN4O4S/c1-9-13(10(2)23-18-9)24(20,21)19-5-3-4-12(8-19)22-14-16-6-11(15)7-17-14/h6-7,12H,3-5,8H2,1-2H3. The molecule has 1 fully saturated rings. The number of piperidine rings is 1. The molecule has 3 rings (SSSR count). The molecule has 24 heavy (non-hydrogen) atoms. The quantitative estimate of drug-likeness (QED) is 0.808. The third kappa shape index (κ3) is 3.38. The monoisotopic (exact) mass is 372 g/mol. The second kappa shape index (κ2) is 6.66. The maximum absolute atomic E-state index is 12.9. The van der Waals surface area contributed by atoms with E-state index >= 15 is 0 Å². The van der Waals surface area contributed by atoms with Crippen LogP contribution in [0.2, 0.25) is 5.02 Å². The predicted molar refractivity (Wildman–Crippen MR) is 85.4 cm³/mol. The number of aromatic nitrogens is 3. The van der Waals surface area contributed by atoms with Crippen LogP contribution in [0, 0.1) is 13.8 Å². The summed E-state index contributed by atoms with van der Waals surface area (Å²) in [6, 6.07) is 0.181. The van der Waals surface area contributed by atoms with E-state index in [2.05, 4.69) is 15.1 Å². The molecule has 1 aliphatic heterocycles. The fourth-order valence-corrected chi connectivity index (χ4v) is 4.60. The van der Waals surface area contributed by atoms with Crippen molar-refractivity contribution >= 4 is 21.6 Å². The lowest BCUT2D eigenvalue weighted by molar-refractivity contribution is 0.119. The van der Waals surface area contributed by atoms with E-state index in [-0.39, 0.29) is 29.3 Å². The van der Waals surface area contributed by atoms with Crippen LogP contribution in [0.15, 0.2) is 21.8 Å². The first-order valence-corrected chi connectivity index (χ1v) is 9.27. The van der Waals surface area contributed by atoms with E-state index in [4.69, 9.17) is 20.9 Å². The Morgan fingerprint density at radius 1 is 1.33 bits per heavy atom. The van der Waals surface area contributed by atoms with E-state index in [1.807, 2.05) is 0 Å². The Morgan fingerprint density at radius 2 is 2.04 bits per heavy atom. The van der Waals surface area contributed by atoms with Gasteiger partial charge in [-0.05, 0) is 26.7 Å². The minimum atomic E-state index is -3.68. The van der Waals surface area contributed by atoms with Crippen LogP contribution in [0.4, 0.5) is 0 Å². The highest BCUT2D eigenvalue weighted by molar-refractivity contribution is 7.89. The summed E-state index contributed by atoms with van der Waals surface area (Å²) in [6.45, 7) is 3.85. The van der Waals surface area contributed by atoms with Gasteiger partial charge >= 0.3 is 6.01 Å². The second-order valence-electron chi connectivity index (χ2n) is 5.58. The van der Waals surface area contributed by atoms with E-state index in [1.54, 1.807) is 13.8 Å². The zero-order valence-electron chi connectivity index (χ0n) is 13.3. The van der Waals surface area contributed by atoms with Crippen molar-refractivity contribution in [1.29, 1.82) is 0 Å².